The number of hydrogen-bond acceptors (Lipinski definition) is 4. The Hall–Kier alpha value is -1.81. The standard InChI is InChI=1S/C14H13NO2S/c1-17-14(16)13-9-11(18-2)3-4-12(13)10-5-7-15-8-6-10/h3-9H,1-2H3. The molecular weight excluding hydrogens is 246 g/mol. The number of methoxy groups -OCH3 is 1. The molecule has 0 saturated carbocycles. The Morgan fingerprint density at radius 3 is 2.56 bits per heavy atom. The van der Waals surface area contributed by atoms with Gasteiger partial charge in [-0.2, -0.15) is 0 Å². The molecule has 18 heavy (non-hydrogen) atoms. The van der Waals surface area contributed by atoms with Crippen molar-refractivity contribution in [3.8, 4) is 11.1 Å². The molecule has 0 fully saturated rings. The van der Waals surface area contributed by atoms with Crippen molar-refractivity contribution in [2.75, 3.05) is 13.4 Å². The summed E-state index contributed by atoms with van der Waals surface area (Å²) in [5.41, 5.74) is 2.40. The van der Waals surface area contributed by atoms with Crippen molar-refractivity contribution in [3.05, 3.63) is 48.3 Å². The summed E-state index contributed by atoms with van der Waals surface area (Å²) in [4.78, 5) is 16.8. The molecule has 0 amide bonds. The lowest BCUT2D eigenvalue weighted by atomic mass is 10.0. The fourth-order valence-corrected chi connectivity index (χ4v) is 2.15. The second-order valence-corrected chi connectivity index (χ2v) is 4.52. The van der Waals surface area contributed by atoms with Gasteiger partial charge in [0.25, 0.3) is 0 Å². The smallest absolute Gasteiger partial charge is 0.338 e. The predicted molar refractivity (Wildman–Crippen MR) is 72.8 cm³/mol. The number of ether oxygens (including phenoxy) is 1. The number of hydrogen-bond donors (Lipinski definition) is 0. The monoisotopic (exact) mass is 259 g/mol. The van der Waals surface area contributed by atoms with Crippen LogP contribution >= 0.6 is 11.8 Å². The van der Waals surface area contributed by atoms with Crippen LogP contribution in [0, 0.1) is 0 Å². The highest BCUT2D eigenvalue weighted by molar-refractivity contribution is 7.98. The molecule has 3 nitrogen and oxygen atoms in total. The zero-order chi connectivity index (χ0) is 13.0. The number of nitrogens with zero attached hydrogens (tertiary/aromatic N) is 1. The lowest BCUT2D eigenvalue weighted by Crippen LogP contribution is -2.03. The maximum absolute atomic E-state index is 11.8. The van der Waals surface area contributed by atoms with Crippen LogP contribution < -0.4 is 0 Å². The summed E-state index contributed by atoms with van der Waals surface area (Å²) in [6, 6.07) is 9.54. The summed E-state index contributed by atoms with van der Waals surface area (Å²) in [5.74, 6) is -0.322. The minimum absolute atomic E-state index is 0.322. The first-order valence-corrected chi connectivity index (χ1v) is 6.65. The molecule has 0 radical (unpaired) electrons. The number of carbonyl (C=O) groups is 1. The average molecular weight is 259 g/mol. The lowest BCUT2D eigenvalue weighted by Gasteiger charge is -2.09. The van der Waals surface area contributed by atoms with Crippen LogP contribution in [0.4, 0.5) is 0 Å². The number of esters is 1. The van der Waals surface area contributed by atoms with Crippen molar-refractivity contribution >= 4 is 17.7 Å². The molecule has 1 aromatic carbocycles. The Labute approximate surface area is 110 Å². The third-order valence-electron chi connectivity index (χ3n) is 2.62. The van der Waals surface area contributed by atoms with Gasteiger partial charge < -0.3 is 4.74 Å². The molecule has 2 rings (SSSR count). The van der Waals surface area contributed by atoms with Crippen molar-refractivity contribution in [2.24, 2.45) is 0 Å². The van der Waals surface area contributed by atoms with Crippen LogP contribution in [0.3, 0.4) is 0 Å². The molecule has 0 spiro atoms. The summed E-state index contributed by atoms with van der Waals surface area (Å²) in [5, 5.41) is 0. The van der Waals surface area contributed by atoms with E-state index in [0.717, 1.165) is 16.0 Å². The SMILES string of the molecule is COC(=O)c1cc(SC)ccc1-c1ccncc1. The molecule has 1 aromatic heterocycles. The van der Waals surface area contributed by atoms with Gasteiger partial charge in [0, 0.05) is 17.3 Å². The molecule has 2 aromatic rings. The Morgan fingerprint density at radius 2 is 1.94 bits per heavy atom. The minimum Gasteiger partial charge on any atom is -0.465 e. The van der Waals surface area contributed by atoms with Crippen LogP contribution in [0.1, 0.15) is 10.4 Å². The van der Waals surface area contributed by atoms with Crippen molar-refractivity contribution < 1.29 is 9.53 Å². The van der Waals surface area contributed by atoms with Gasteiger partial charge in [-0.1, -0.05) is 6.07 Å². The van der Waals surface area contributed by atoms with Gasteiger partial charge in [0.05, 0.1) is 12.7 Å². The molecule has 0 N–H and O–H groups in total. The largest absolute Gasteiger partial charge is 0.465 e. The molecule has 4 heteroatoms. The van der Waals surface area contributed by atoms with Crippen molar-refractivity contribution in [1.82, 2.24) is 4.98 Å². The van der Waals surface area contributed by atoms with E-state index in [1.807, 2.05) is 36.6 Å². The summed E-state index contributed by atoms with van der Waals surface area (Å²) in [6.07, 6.45) is 5.39. The second-order valence-electron chi connectivity index (χ2n) is 3.64. The Morgan fingerprint density at radius 1 is 1.22 bits per heavy atom. The first-order chi connectivity index (χ1) is 8.76. The van der Waals surface area contributed by atoms with Gasteiger partial charge in [0.1, 0.15) is 0 Å². The van der Waals surface area contributed by atoms with E-state index < -0.39 is 0 Å². The zero-order valence-electron chi connectivity index (χ0n) is 10.2. The van der Waals surface area contributed by atoms with E-state index in [2.05, 4.69) is 4.98 Å². The fraction of sp³-hybridized carbons (Fsp3) is 0.143. The molecule has 1 heterocycles. The van der Waals surface area contributed by atoms with E-state index in [-0.39, 0.29) is 5.97 Å². The first-order valence-electron chi connectivity index (χ1n) is 5.43. The first kappa shape index (κ1) is 12.6. The number of benzene rings is 1. The van der Waals surface area contributed by atoms with E-state index in [1.54, 1.807) is 24.2 Å². The van der Waals surface area contributed by atoms with Gasteiger partial charge in [-0.05, 0) is 41.6 Å². The Bertz CT molecular complexity index is 555. The maximum Gasteiger partial charge on any atom is 0.338 e. The van der Waals surface area contributed by atoms with Gasteiger partial charge in [-0.25, -0.2) is 4.79 Å². The number of carbonyl (C=O) groups excluding carboxylic acids is 1. The van der Waals surface area contributed by atoms with Crippen LogP contribution in [0.2, 0.25) is 0 Å². The zero-order valence-corrected chi connectivity index (χ0v) is 11.0. The topological polar surface area (TPSA) is 39.2 Å². The number of pyridine rings is 1. The van der Waals surface area contributed by atoms with Crippen molar-refractivity contribution in [1.29, 1.82) is 0 Å². The summed E-state index contributed by atoms with van der Waals surface area (Å²) in [6.45, 7) is 0. The van der Waals surface area contributed by atoms with Crippen LogP contribution in [-0.2, 0) is 4.74 Å². The highest BCUT2D eigenvalue weighted by Gasteiger charge is 2.13. The molecule has 0 aliphatic carbocycles. The van der Waals surface area contributed by atoms with E-state index in [4.69, 9.17) is 4.74 Å². The van der Waals surface area contributed by atoms with Gasteiger partial charge in [0.2, 0.25) is 0 Å². The number of rotatable bonds is 3. The van der Waals surface area contributed by atoms with Crippen LogP contribution in [-0.4, -0.2) is 24.3 Å². The summed E-state index contributed by atoms with van der Waals surface area (Å²) >= 11 is 1.59. The van der Waals surface area contributed by atoms with Crippen molar-refractivity contribution in [2.45, 2.75) is 4.90 Å². The fourth-order valence-electron chi connectivity index (χ4n) is 1.71. The third kappa shape index (κ3) is 2.54. The van der Waals surface area contributed by atoms with Crippen LogP contribution in [0.5, 0.6) is 0 Å². The van der Waals surface area contributed by atoms with Gasteiger partial charge in [0.15, 0.2) is 0 Å². The molecule has 0 bridgehead atoms. The second kappa shape index (κ2) is 5.69. The van der Waals surface area contributed by atoms with E-state index in [1.165, 1.54) is 7.11 Å². The molecule has 0 unspecified atom stereocenters. The molecule has 0 aliphatic heterocycles. The summed E-state index contributed by atoms with van der Waals surface area (Å²) < 4.78 is 4.83. The Kier molecular flexibility index (Phi) is 3.99. The normalized spacial score (nSPS) is 10.1. The molecule has 92 valence electrons. The molecule has 0 aliphatic rings. The van der Waals surface area contributed by atoms with E-state index >= 15 is 0 Å². The van der Waals surface area contributed by atoms with E-state index in [9.17, 15) is 4.79 Å². The van der Waals surface area contributed by atoms with Gasteiger partial charge >= 0.3 is 5.97 Å². The van der Waals surface area contributed by atoms with Crippen LogP contribution in [0.15, 0.2) is 47.6 Å². The Balaban J connectivity index is 2.56. The highest BCUT2D eigenvalue weighted by atomic mass is 32.2. The molecule has 0 saturated heterocycles. The number of thioether (sulfide) groups is 1. The minimum atomic E-state index is -0.322. The molecule has 0 atom stereocenters. The van der Waals surface area contributed by atoms with Gasteiger partial charge in [-0.3, -0.25) is 4.98 Å². The van der Waals surface area contributed by atoms with Gasteiger partial charge in [-0.15, -0.1) is 11.8 Å². The lowest BCUT2D eigenvalue weighted by molar-refractivity contribution is 0.0601. The van der Waals surface area contributed by atoms with Crippen LogP contribution in [0.25, 0.3) is 11.1 Å². The molecular formula is C14H13NO2S. The average Bonchev–Trinajstić information content (AvgIpc) is 2.46. The van der Waals surface area contributed by atoms with Crippen molar-refractivity contribution in [3.63, 3.8) is 0 Å². The highest BCUT2D eigenvalue weighted by Crippen LogP contribution is 2.27. The maximum atomic E-state index is 11.8. The third-order valence-corrected chi connectivity index (χ3v) is 3.35. The quantitative estimate of drug-likeness (QED) is 0.626. The van der Waals surface area contributed by atoms with E-state index in [0.29, 0.717) is 5.56 Å². The summed E-state index contributed by atoms with van der Waals surface area (Å²) in [7, 11) is 1.39. The predicted octanol–water partition coefficient (Wildman–Crippen LogP) is 3.26. The number of aromatic nitrogens is 1.